The molecule has 0 atom stereocenters. The lowest BCUT2D eigenvalue weighted by Crippen LogP contribution is -2.15. The fourth-order valence-corrected chi connectivity index (χ4v) is 1.79. The number of hydrogen-bond acceptors (Lipinski definition) is 2. The third-order valence-corrected chi connectivity index (χ3v) is 2.36. The van der Waals surface area contributed by atoms with Crippen molar-refractivity contribution in [3.05, 3.63) is 29.6 Å². The number of carbonyl (C=O) groups excluding carboxylic acids is 1. The van der Waals surface area contributed by atoms with E-state index in [1.807, 2.05) is 39.4 Å². The zero-order valence-corrected chi connectivity index (χ0v) is 9.72. The largest absolute Gasteiger partial charge is 0.387 e. The van der Waals surface area contributed by atoms with E-state index in [0.29, 0.717) is 0 Å². The maximum Gasteiger partial charge on any atom is 0.158 e. The lowest BCUT2D eigenvalue weighted by atomic mass is 9.95. The number of rotatable bonds is 4. The van der Waals surface area contributed by atoms with Gasteiger partial charge in [-0.1, -0.05) is 13.8 Å². The minimum atomic E-state index is 0.121. The van der Waals surface area contributed by atoms with Crippen LogP contribution in [0, 0.1) is 5.92 Å². The van der Waals surface area contributed by atoms with Crippen molar-refractivity contribution in [2.24, 2.45) is 5.92 Å². The van der Waals surface area contributed by atoms with Crippen LogP contribution in [0.15, 0.2) is 24.0 Å². The number of carbonyl (C=O) groups is 1. The minimum Gasteiger partial charge on any atom is -0.387 e. The Bertz CT molecular complexity index is 361. The van der Waals surface area contributed by atoms with E-state index in [9.17, 15) is 4.79 Å². The number of Topliss-reactive ketones (excluding diaryl/α,β-unsaturated/α-hetero) is 1. The molecule has 3 nitrogen and oxygen atoms in total. The number of nitrogens with one attached hydrogen (secondary N) is 2. The number of ketones is 1. The van der Waals surface area contributed by atoms with E-state index in [1.54, 1.807) is 6.92 Å². The van der Waals surface area contributed by atoms with Gasteiger partial charge in [0.05, 0.1) is 0 Å². The molecule has 0 spiro atoms. The lowest BCUT2D eigenvalue weighted by Gasteiger charge is -2.15. The molecule has 0 amide bonds. The summed E-state index contributed by atoms with van der Waals surface area (Å²) < 4.78 is 0. The van der Waals surface area contributed by atoms with Gasteiger partial charge in [0.2, 0.25) is 0 Å². The number of hydrogen-bond donors (Lipinski definition) is 2. The molecule has 0 aliphatic carbocycles. The Morgan fingerprint density at radius 1 is 1.47 bits per heavy atom. The van der Waals surface area contributed by atoms with Gasteiger partial charge < -0.3 is 10.3 Å². The van der Waals surface area contributed by atoms with E-state index >= 15 is 0 Å². The smallest absolute Gasteiger partial charge is 0.158 e. The third-order valence-electron chi connectivity index (χ3n) is 2.36. The predicted octanol–water partition coefficient (Wildman–Crippen LogP) is 2.19. The van der Waals surface area contributed by atoms with Gasteiger partial charge in [-0.3, -0.25) is 4.79 Å². The van der Waals surface area contributed by atoms with Crippen molar-refractivity contribution in [2.45, 2.75) is 20.8 Å². The highest BCUT2D eigenvalue weighted by Gasteiger charge is 2.15. The van der Waals surface area contributed by atoms with E-state index < -0.39 is 0 Å². The molecule has 1 rings (SSSR count). The van der Waals surface area contributed by atoms with Crippen molar-refractivity contribution in [2.75, 3.05) is 7.05 Å². The molecule has 0 unspecified atom stereocenters. The van der Waals surface area contributed by atoms with E-state index in [1.165, 1.54) is 0 Å². The van der Waals surface area contributed by atoms with Crippen LogP contribution in [0.4, 0.5) is 0 Å². The highest BCUT2D eigenvalue weighted by Crippen LogP contribution is 2.21. The Hall–Kier alpha value is -1.51. The van der Waals surface area contributed by atoms with Crippen molar-refractivity contribution < 1.29 is 4.79 Å². The highest BCUT2D eigenvalue weighted by atomic mass is 16.1. The molecule has 2 N–H and O–H groups in total. The molecule has 0 aliphatic heterocycles. The molecule has 0 aromatic carbocycles. The van der Waals surface area contributed by atoms with E-state index in [2.05, 4.69) is 10.3 Å². The van der Waals surface area contributed by atoms with Crippen LogP contribution in [-0.4, -0.2) is 17.8 Å². The van der Waals surface area contributed by atoms with Gasteiger partial charge in [-0.25, -0.2) is 0 Å². The summed E-state index contributed by atoms with van der Waals surface area (Å²) in [6, 6.07) is 1.96. The van der Waals surface area contributed by atoms with Crippen molar-refractivity contribution in [1.29, 1.82) is 0 Å². The van der Waals surface area contributed by atoms with Crippen LogP contribution in [0.2, 0.25) is 0 Å². The molecular weight excluding hydrogens is 188 g/mol. The monoisotopic (exact) mass is 206 g/mol. The molecule has 0 bridgehead atoms. The summed E-state index contributed by atoms with van der Waals surface area (Å²) >= 11 is 0. The second-order valence-electron chi connectivity index (χ2n) is 3.85. The van der Waals surface area contributed by atoms with E-state index in [-0.39, 0.29) is 11.7 Å². The summed E-state index contributed by atoms with van der Waals surface area (Å²) in [5.41, 5.74) is 2.78. The summed E-state index contributed by atoms with van der Waals surface area (Å²) in [5, 5.41) is 3.11. The zero-order valence-electron chi connectivity index (χ0n) is 9.72. The summed E-state index contributed by atoms with van der Waals surface area (Å²) in [6.07, 6.45) is 3.74. The molecule has 1 aromatic heterocycles. The molecule has 82 valence electrons. The van der Waals surface area contributed by atoms with Crippen LogP contribution in [-0.2, 0) is 4.79 Å². The fraction of sp³-hybridized carbons (Fsp3) is 0.417. The molecule has 15 heavy (non-hydrogen) atoms. The van der Waals surface area contributed by atoms with Gasteiger partial charge >= 0.3 is 0 Å². The normalized spacial score (nSPS) is 12.6. The first kappa shape index (κ1) is 11.6. The molecule has 1 heterocycles. The molecule has 0 saturated carbocycles. The first-order valence-electron chi connectivity index (χ1n) is 5.14. The average molecular weight is 206 g/mol. The molecule has 0 saturated heterocycles. The highest BCUT2D eigenvalue weighted by molar-refractivity contribution is 6.01. The Balaban J connectivity index is 3.26. The minimum absolute atomic E-state index is 0.121. The van der Waals surface area contributed by atoms with Crippen LogP contribution in [0.1, 0.15) is 26.3 Å². The SMILES string of the molecule is CN/C(=C(\C(C)=O)C(C)C)c1cc[nH]c1. The molecule has 3 heteroatoms. The average Bonchev–Trinajstić information content (AvgIpc) is 2.64. The first-order valence-corrected chi connectivity index (χ1v) is 5.14. The molecule has 0 fully saturated rings. The Morgan fingerprint density at radius 2 is 2.13 bits per heavy atom. The Kier molecular flexibility index (Phi) is 3.72. The Labute approximate surface area is 90.6 Å². The van der Waals surface area contributed by atoms with E-state index in [0.717, 1.165) is 16.8 Å². The first-order chi connectivity index (χ1) is 7.07. The van der Waals surface area contributed by atoms with Gasteiger partial charge in [0.15, 0.2) is 5.78 Å². The van der Waals surface area contributed by atoms with Crippen molar-refractivity contribution in [3.8, 4) is 0 Å². The zero-order chi connectivity index (χ0) is 11.4. The van der Waals surface area contributed by atoms with Gasteiger partial charge in [0.1, 0.15) is 0 Å². The van der Waals surface area contributed by atoms with Gasteiger partial charge in [0, 0.05) is 36.3 Å². The fourth-order valence-electron chi connectivity index (χ4n) is 1.79. The quantitative estimate of drug-likeness (QED) is 0.742. The summed E-state index contributed by atoms with van der Waals surface area (Å²) in [7, 11) is 1.84. The number of H-pyrrole nitrogens is 1. The van der Waals surface area contributed by atoms with Crippen LogP contribution in [0.25, 0.3) is 5.70 Å². The van der Waals surface area contributed by atoms with Crippen LogP contribution in [0.5, 0.6) is 0 Å². The van der Waals surface area contributed by atoms with E-state index in [4.69, 9.17) is 0 Å². The van der Waals surface area contributed by atoms with Gasteiger partial charge in [-0.15, -0.1) is 0 Å². The Morgan fingerprint density at radius 3 is 2.47 bits per heavy atom. The maximum atomic E-state index is 11.6. The van der Waals surface area contributed by atoms with Gasteiger partial charge in [-0.2, -0.15) is 0 Å². The molecular formula is C12H18N2O. The second-order valence-corrected chi connectivity index (χ2v) is 3.85. The summed E-state index contributed by atoms with van der Waals surface area (Å²) in [5.74, 6) is 0.343. The van der Waals surface area contributed by atoms with Crippen LogP contribution >= 0.6 is 0 Å². The van der Waals surface area contributed by atoms with Crippen molar-refractivity contribution >= 4 is 11.5 Å². The third kappa shape index (κ3) is 2.49. The molecule has 0 radical (unpaired) electrons. The standard InChI is InChI=1S/C12H18N2O/c1-8(2)11(9(3)15)12(13-4)10-5-6-14-7-10/h5-8,13-14H,1-4H3/b12-11-. The molecule has 1 aromatic rings. The van der Waals surface area contributed by atoms with Gasteiger partial charge in [-0.05, 0) is 18.9 Å². The summed E-state index contributed by atoms with van der Waals surface area (Å²) in [6.45, 7) is 5.67. The predicted molar refractivity (Wildman–Crippen MR) is 62.3 cm³/mol. The van der Waals surface area contributed by atoms with Crippen molar-refractivity contribution in [1.82, 2.24) is 10.3 Å². The molecule has 0 aliphatic rings. The lowest BCUT2D eigenvalue weighted by molar-refractivity contribution is -0.114. The van der Waals surface area contributed by atoms with Crippen molar-refractivity contribution in [3.63, 3.8) is 0 Å². The van der Waals surface area contributed by atoms with Crippen LogP contribution in [0.3, 0.4) is 0 Å². The topological polar surface area (TPSA) is 44.9 Å². The van der Waals surface area contributed by atoms with Gasteiger partial charge in [0.25, 0.3) is 0 Å². The second kappa shape index (κ2) is 4.82. The number of aromatic nitrogens is 1. The number of aromatic amines is 1. The number of allylic oxidation sites excluding steroid dienone is 1. The van der Waals surface area contributed by atoms with Crippen LogP contribution < -0.4 is 5.32 Å². The summed E-state index contributed by atoms with van der Waals surface area (Å²) in [4.78, 5) is 14.6. The maximum absolute atomic E-state index is 11.6.